The summed E-state index contributed by atoms with van der Waals surface area (Å²) in [4.78, 5) is 31.6. The van der Waals surface area contributed by atoms with E-state index in [4.69, 9.17) is 21.9 Å². The van der Waals surface area contributed by atoms with Gasteiger partial charge in [0.05, 0.1) is 6.54 Å². The van der Waals surface area contributed by atoms with Crippen LogP contribution in [0.4, 0.5) is 4.79 Å². The third kappa shape index (κ3) is 4.84. The number of primary amides is 1. The molecule has 158 valence electrons. The Morgan fingerprint density at radius 3 is 2.71 bits per heavy atom. The molecule has 1 atom stereocenters. The molecule has 2 aromatic heterocycles. The molecule has 2 aromatic carbocycles. The number of hydrogen-bond acceptors (Lipinski definition) is 5. The van der Waals surface area contributed by atoms with Crippen LogP contribution in [0.2, 0.25) is 5.02 Å². The van der Waals surface area contributed by atoms with Gasteiger partial charge in [0.25, 0.3) is 0 Å². The number of urea groups is 1. The van der Waals surface area contributed by atoms with Crippen LogP contribution < -0.4 is 16.4 Å². The first kappa shape index (κ1) is 20.4. The van der Waals surface area contributed by atoms with Gasteiger partial charge in [-0.15, -0.1) is 0 Å². The van der Waals surface area contributed by atoms with E-state index >= 15 is 0 Å². The highest BCUT2D eigenvalue weighted by atomic mass is 35.5. The summed E-state index contributed by atoms with van der Waals surface area (Å²) in [6, 6.07) is 13.0. The van der Waals surface area contributed by atoms with Crippen molar-refractivity contribution in [2.75, 3.05) is 0 Å². The molecule has 0 aliphatic heterocycles. The molecule has 4 rings (SSSR count). The topological polar surface area (TPSA) is 139 Å². The Labute approximate surface area is 182 Å². The van der Waals surface area contributed by atoms with Crippen LogP contribution in [-0.2, 0) is 17.8 Å². The molecule has 5 N–H and O–H groups in total. The number of halogens is 1. The number of rotatable bonds is 7. The average molecular weight is 439 g/mol. The largest absolute Gasteiger partial charge is 0.361 e. The lowest BCUT2D eigenvalue weighted by molar-refractivity contribution is -0.123. The number of fused-ring (bicyclic) bond motifs is 1. The van der Waals surface area contributed by atoms with Gasteiger partial charge in [0.2, 0.25) is 17.6 Å². The molecule has 1 unspecified atom stereocenters. The average Bonchev–Trinajstić information content (AvgIpc) is 3.39. The van der Waals surface area contributed by atoms with Gasteiger partial charge in [-0.25, -0.2) is 4.79 Å². The lowest BCUT2D eigenvalue weighted by atomic mass is 10.0. The molecular weight excluding hydrogens is 420 g/mol. The maximum absolute atomic E-state index is 12.7. The zero-order valence-electron chi connectivity index (χ0n) is 16.3. The molecule has 31 heavy (non-hydrogen) atoms. The number of aromatic nitrogens is 3. The lowest BCUT2D eigenvalue weighted by Gasteiger charge is -2.16. The summed E-state index contributed by atoms with van der Waals surface area (Å²) in [6.45, 7) is 0.00422. The second-order valence-corrected chi connectivity index (χ2v) is 7.30. The van der Waals surface area contributed by atoms with Crippen molar-refractivity contribution >= 4 is 34.4 Å². The lowest BCUT2D eigenvalue weighted by Crippen LogP contribution is -2.49. The fourth-order valence-corrected chi connectivity index (χ4v) is 3.36. The van der Waals surface area contributed by atoms with E-state index in [-0.39, 0.29) is 18.9 Å². The smallest absolute Gasteiger partial charge is 0.312 e. The van der Waals surface area contributed by atoms with Crippen LogP contribution in [0.25, 0.3) is 22.3 Å². The zero-order chi connectivity index (χ0) is 21.8. The Morgan fingerprint density at radius 2 is 1.94 bits per heavy atom. The Bertz CT molecular complexity index is 1220. The van der Waals surface area contributed by atoms with Gasteiger partial charge in [-0.1, -0.05) is 35.0 Å². The second-order valence-electron chi connectivity index (χ2n) is 6.86. The van der Waals surface area contributed by atoms with Crippen LogP contribution in [0.1, 0.15) is 11.5 Å². The van der Waals surface area contributed by atoms with Crippen molar-refractivity contribution in [1.82, 2.24) is 25.8 Å². The molecule has 0 radical (unpaired) electrons. The number of hydrogen-bond donors (Lipinski definition) is 4. The summed E-state index contributed by atoms with van der Waals surface area (Å²) in [5.74, 6) is 0.185. The van der Waals surface area contributed by atoms with Gasteiger partial charge in [0.15, 0.2) is 0 Å². The van der Waals surface area contributed by atoms with E-state index in [1.807, 2.05) is 30.5 Å². The van der Waals surface area contributed by atoms with Crippen molar-refractivity contribution in [3.8, 4) is 11.4 Å². The molecule has 3 amide bonds. The molecule has 10 heteroatoms. The van der Waals surface area contributed by atoms with E-state index in [0.717, 1.165) is 22.0 Å². The molecule has 0 bridgehead atoms. The van der Waals surface area contributed by atoms with E-state index in [2.05, 4.69) is 25.8 Å². The highest BCUT2D eigenvalue weighted by Gasteiger charge is 2.22. The number of para-hydroxylation sites is 1. The van der Waals surface area contributed by atoms with Crippen molar-refractivity contribution in [1.29, 1.82) is 0 Å². The standard InChI is InChI=1S/C21H19ClN6O3/c22-14-7-5-12(6-8-14)19-27-18(31-28-19)11-25-20(29)17(26-21(23)30)9-13-10-24-16-4-2-1-3-15(13)16/h1-8,10,17,24H,9,11H2,(H,25,29)(H3,23,26,30). The first-order chi connectivity index (χ1) is 15.0. The van der Waals surface area contributed by atoms with Crippen LogP contribution in [0, 0.1) is 0 Å². The number of nitrogens with one attached hydrogen (secondary N) is 3. The normalized spacial score (nSPS) is 11.9. The van der Waals surface area contributed by atoms with Gasteiger partial charge >= 0.3 is 6.03 Å². The van der Waals surface area contributed by atoms with Gasteiger partial charge in [-0.05, 0) is 35.9 Å². The predicted molar refractivity (Wildman–Crippen MR) is 115 cm³/mol. The third-order valence-electron chi connectivity index (χ3n) is 4.72. The molecular formula is C21H19ClN6O3. The zero-order valence-corrected chi connectivity index (χ0v) is 17.0. The maximum Gasteiger partial charge on any atom is 0.312 e. The Morgan fingerprint density at radius 1 is 1.16 bits per heavy atom. The molecule has 4 aromatic rings. The fourth-order valence-electron chi connectivity index (χ4n) is 3.23. The maximum atomic E-state index is 12.7. The molecule has 9 nitrogen and oxygen atoms in total. The molecule has 0 fully saturated rings. The molecule has 0 aliphatic rings. The summed E-state index contributed by atoms with van der Waals surface area (Å²) in [5, 5.41) is 10.7. The molecule has 0 saturated carbocycles. The highest BCUT2D eigenvalue weighted by molar-refractivity contribution is 6.30. The van der Waals surface area contributed by atoms with Gasteiger partial charge in [0.1, 0.15) is 6.04 Å². The Hall–Kier alpha value is -3.85. The van der Waals surface area contributed by atoms with Crippen molar-refractivity contribution in [2.45, 2.75) is 19.0 Å². The first-order valence-corrected chi connectivity index (χ1v) is 9.84. The molecule has 0 saturated heterocycles. The number of amides is 3. The Kier molecular flexibility index (Phi) is 5.85. The van der Waals surface area contributed by atoms with Gasteiger partial charge in [0, 0.05) is 34.1 Å². The number of aromatic amines is 1. The van der Waals surface area contributed by atoms with Crippen LogP contribution in [0.15, 0.2) is 59.3 Å². The monoisotopic (exact) mass is 438 g/mol. The predicted octanol–water partition coefficient (Wildman–Crippen LogP) is 2.77. The van der Waals surface area contributed by atoms with Gasteiger partial charge < -0.3 is 25.9 Å². The number of carbonyl (C=O) groups is 2. The summed E-state index contributed by atoms with van der Waals surface area (Å²) >= 11 is 5.88. The number of nitrogens with two attached hydrogens (primary N) is 1. The number of benzene rings is 2. The third-order valence-corrected chi connectivity index (χ3v) is 4.97. The minimum absolute atomic E-state index is 0.00422. The Balaban J connectivity index is 1.43. The van der Waals surface area contributed by atoms with E-state index in [1.165, 1.54) is 0 Å². The summed E-state index contributed by atoms with van der Waals surface area (Å²) in [5.41, 5.74) is 7.83. The molecule has 0 aliphatic carbocycles. The minimum atomic E-state index is -0.865. The van der Waals surface area contributed by atoms with Crippen molar-refractivity contribution in [3.05, 3.63) is 71.2 Å². The van der Waals surface area contributed by atoms with Gasteiger partial charge in [-0.3, -0.25) is 4.79 Å². The molecule has 0 spiro atoms. The summed E-state index contributed by atoms with van der Waals surface area (Å²) in [6.07, 6.45) is 2.07. The van der Waals surface area contributed by atoms with Gasteiger partial charge in [-0.2, -0.15) is 4.98 Å². The minimum Gasteiger partial charge on any atom is -0.361 e. The van der Waals surface area contributed by atoms with Crippen LogP contribution in [-0.4, -0.2) is 33.1 Å². The number of nitrogens with zero attached hydrogens (tertiary/aromatic N) is 2. The SMILES string of the molecule is NC(=O)NC(Cc1c[nH]c2ccccc12)C(=O)NCc1nc(-c2ccc(Cl)cc2)no1. The van der Waals surface area contributed by atoms with E-state index in [1.54, 1.807) is 24.3 Å². The van der Waals surface area contributed by atoms with Crippen molar-refractivity contribution < 1.29 is 14.1 Å². The van der Waals surface area contributed by atoms with E-state index < -0.39 is 18.0 Å². The van der Waals surface area contributed by atoms with Crippen LogP contribution in [0.5, 0.6) is 0 Å². The number of carbonyl (C=O) groups excluding carboxylic acids is 2. The highest BCUT2D eigenvalue weighted by Crippen LogP contribution is 2.20. The van der Waals surface area contributed by atoms with Crippen molar-refractivity contribution in [2.24, 2.45) is 5.73 Å². The first-order valence-electron chi connectivity index (χ1n) is 9.47. The molecule has 2 heterocycles. The van der Waals surface area contributed by atoms with E-state index in [0.29, 0.717) is 10.8 Å². The quantitative estimate of drug-likeness (QED) is 0.351. The van der Waals surface area contributed by atoms with Crippen LogP contribution in [0.3, 0.4) is 0 Å². The van der Waals surface area contributed by atoms with E-state index in [9.17, 15) is 9.59 Å². The number of H-pyrrole nitrogens is 1. The van der Waals surface area contributed by atoms with Crippen LogP contribution >= 0.6 is 11.6 Å². The van der Waals surface area contributed by atoms with Crippen molar-refractivity contribution in [3.63, 3.8) is 0 Å². The summed E-state index contributed by atoms with van der Waals surface area (Å²) < 4.78 is 5.20. The summed E-state index contributed by atoms with van der Waals surface area (Å²) in [7, 11) is 0. The fraction of sp³-hybridized carbons (Fsp3) is 0.143. The second kappa shape index (κ2) is 8.88.